The molecule has 0 aliphatic rings. The van der Waals surface area contributed by atoms with Gasteiger partial charge >= 0.3 is 0 Å². The van der Waals surface area contributed by atoms with E-state index < -0.39 is 0 Å². The Morgan fingerprint density at radius 3 is 2.89 bits per heavy atom. The molecule has 0 saturated heterocycles. The fraction of sp³-hybridized carbons (Fsp3) is 0.500. The van der Waals surface area contributed by atoms with E-state index in [-0.39, 0.29) is 6.04 Å². The van der Waals surface area contributed by atoms with Gasteiger partial charge in [-0.1, -0.05) is 13.8 Å². The van der Waals surface area contributed by atoms with Crippen LogP contribution in [0, 0.1) is 0 Å². The first-order valence-electron chi connectivity index (χ1n) is 6.73. The van der Waals surface area contributed by atoms with Gasteiger partial charge in [0.15, 0.2) is 5.22 Å². The summed E-state index contributed by atoms with van der Waals surface area (Å²) in [6.07, 6.45) is 5.77. The Morgan fingerprint density at radius 1 is 1.42 bits per heavy atom. The van der Waals surface area contributed by atoms with E-state index in [9.17, 15) is 0 Å². The smallest absolute Gasteiger partial charge is 0.193 e. The molecule has 1 N–H and O–H groups in total. The second kappa shape index (κ2) is 6.78. The third-order valence-electron chi connectivity index (χ3n) is 3.04. The lowest BCUT2D eigenvalue weighted by Crippen LogP contribution is -2.24. The van der Waals surface area contributed by atoms with Crippen molar-refractivity contribution in [1.29, 1.82) is 0 Å². The molecule has 2 rings (SSSR count). The molecule has 5 heteroatoms. The molecule has 0 aliphatic heterocycles. The second-order valence-electron chi connectivity index (χ2n) is 4.49. The molecule has 19 heavy (non-hydrogen) atoms. The number of rotatable bonds is 7. The highest BCUT2D eigenvalue weighted by molar-refractivity contribution is 6.28. The van der Waals surface area contributed by atoms with Crippen molar-refractivity contribution >= 4 is 11.6 Å². The molecule has 0 radical (unpaired) electrons. The third-order valence-corrected chi connectivity index (χ3v) is 3.24. The Bertz CT molecular complexity index is 506. The molecule has 0 aromatic carbocycles. The summed E-state index contributed by atoms with van der Waals surface area (Å²) in [5.74, 6) is 1.93. The second-order valence-corrected chi connectivity index (χ2v) is 4.87. The number of aryl methyl sites for hydroxylation is 1. The molecule has 0 saturated carbocycles. The van der Waals surface area contributed by atoms with Crippen molar-refractivity contribution in [2.45, 2.75) is 39.3 Å². The van der Waals surface area contributed by atoms with Crippen LogP contribution in [-0.2, 0) is 13.0 Å². The number of hydrogen-bond donors (Lipinski definition) is 1. The van der Waals surface area contributed by atoms with E-state index in [4.69, 9.17) is 16.0 Å². The number of aromatic nitrogens is 2. The predicted octanol–water partition coefficient (Wildman–Crippen LogP) is 3.43. The average Bonchev–Trinajstić information content (AvgIpc) is 2.99. The van der Waals surface area contributed by atoms with Crippen LogP contribution in [0.15, 0.2) is 28.9 Å². The van der Waals surface area contributed by atoms with Crippen molar-refractivity contribution in [1.82, 2.24) is 14.9 Å². The minimum Gasteiger partial charge on any atom is -0.448 e. The molecule has 0 bridgehead atoms. The summed E-state index contributed by atoms with van der Waals surface area (Å²) in [6.45, 7) is 6.11. The topological polar surface area (TPSA) is 43.0 Å². The van der Waals surface area contributed by atoms with E-state index in [2.05, 4.69) is 28.7 Å². The van der Waals surface area contributed by atoms with Crippen molar-refractivity contribution in [3.63, 3.8) is 0 Å². The maximum absolute atomic E-state index is 5.85. The van der Waals surface area contributed by atoms with Crippen molar-refractivity contribution in [2.24, 2.45) is 0 Å². The van der Waals surface area contributed by atoms with Gasteiger partial charge in [-0.05, 0) is 36.7 Å². The van der Waals surface area contributed by atoms with E-state index in [1.165, 1.54) is 0 Å². The van der Waals surface area contributed by atoms with E-state index in [1.807, 2.05) is 18.5 Å². The minimum atomic E-state index is 0.107. The fourth-order valence-electron chi connectivity index (χ4n) is 2.19. The van der Waals surface area contributed by atoms with E-state index in [0.29, 0.717) is 5.22 Å². The molecular formula is C14H20ClN3O. The highest BCUT2D eigenvalue weighted by atomic mass is 35.5. The quantitative estimate of drug-likeness (QED) is 0.845. The first kappa shape index (κ1) is 14.2. The number of likely N-dealkylation sites (N-methyl/N-ethyl adjacent to an activating group) is 1. The first-order valence-corrected chi connectivity index (χ1v) is 7.11. The molecular weight excluding hydrogens is 262 g/mol. The average molecular weight is 282 g/mol. The molecule has 2 aromatic heterocycles. The van der Waals surface area contributed by atoms with Gasteiger partial charge in [-0.2, -0.15) is 0 Å². The standard InChI is InChI=1S/C14H20ClN3O/c1-3-8-18-9-7-17-14(18)10-11(16-4-2)12-5-6-13(15)19-12/h5-7,9,11,16H,3-4,8,10H2,1-2H3. The van der Waals surface area contributed by atoms with Crippen molar-refractivity contribution in [3.05, 3.63) is 41.3 Å². The zero-order valence-electron chi connectivity index (χ0n) is 11.4. The van der Waals surface area contributed by atoms with Gasteiger partial charge in [0, 0.05) is 25.4 Å². The Kier molecular flexibility index (Phi) is 5.05. The summed E-state index contributed by atoms with van der Waals surface area (Å²) in [6, 6.07) is 3.80. The van der Waals surface area contributed by atoms with Crippen molar-refractivity contribution in [3.8, 4) is 0 Å². The van der Waals surface area contributed by atoms with Crippen LogP contribution < -0.4 is 5.32 Å². The molecule has 1 atom stereocenters. The normalized spacial score (nSPS) is 12.8. The molecule has 1 unspecified atom stereocenters. The van der Waals surface area contributed by atoms with Crippen molar-refractivity contribution < 1.29 is 4.42 Å². The van der Waals surface area contributed by atoms with Crippen LogP contribution in [0.25, 0.3) is 0 Å². The highest BCUT2D eigenvalue weighted by Crippen LogP contribution is 2.22. The van der Waals surface area contributed by atoms with Gasteiger partial charge in [0.2, 0.25) is 0 Å². The van der Waals surface area contributed by atoms with Crippen LogP contribution in [0.1, 0.15) is 37.9 Å². The van der Waals surface area contributed by atoms with Gasteiger partial charge in [0.25, 0.3) is 0 Å². The lowest BCUT2D eigenvalue weighted by molar-refractivity contribution is 0.408. The van der Waals surface area contributed by atoms with Crippen LogP contribution in [0.5, 0.6) is 0 Å². The number of halogens is 1. The number of hydrogen-bond acceptors (Lipinski definition) is 3. The maximum Gasteiger partial charge on any atom is 0.193 e. The van der Waals surface area contributed by atoms with Gasteiger partial charge in [-0.25, -0.2) is 4.98 Å². The zero-order valence-corrected chi connectivity index (χ0v) is 12.2. The number of nitrogens with zero attached hydrogens (tertiary/aromatic N) is 2. The summed E-state index contributed by atoms with van der Waals surface area (Å²) in [5, 5.41) is 3.84. The molecule has 104 valence electrons. The summed E-state index contributed by atoms with van der Waals surface area (Å²) in [4.78, 5) is 4.44. The van der Waals surface area contributed by atoms with Crippen LogP contribution in [0.2, 0.25) is 5.22 Å². The Balaban J connectivity index is 2.14. The van der Waals surface area contributed by atoms with Crippen LogP contribution in [-0.4, -0.2) is 16.1 Å². The summed E-state index contributed by atoms with van der Waals surface area (Å²) < 4.78 is 7.70. The number of nitrogens with one attached hydrogen (secondary N) is 1. The molecule has 4 nitrogen and oxygen atoms in total. The predicted molar refractivity (Wildman–Crippen MR) is 76.4 cm³/mol. The molecule has 2 aromatic rings. The van der Waals surface area contributed by atoms with Crippen LogP contribution >= 0.6 is 11.6 Å². The highest BCUT2D eigenvalue weighted by Gasteiger charge is 2.17. The molecule has 0 fully saturated rings. The number of imidazole rings is 1. The van der Waals surface area contributed by atoms with Crippen LogP contribution in [0.4, 0.5) is 0 Å². The monoisotopic (exact) mass is 281 g/mol. The Hall–Kier alpha value is -1.26. The number of furan rings is 1. The molecule has 2 heterocycles. The summed E-state index contributed by atoms with van der Waals surface area (Å²) in [5.41, 5.74) is 0. The molecule has 0 amide bonds. The molecule has 0 aliphatic carbocycles. The lowest BCUT2D eigenvalue weighted by Gasteiger charge is -2.16. The summed E-state index contributed by atoms with van der Waals surface area (Å²) in [7, 11) is 0. The van der Waals surface area contributed by atoms with Crippen LogP contribution in [0.3, 0.4) is 0 Å². The SMILES string of the molecule is CCCn1ccnc1CC(NCC)c1ccc(Cl)o1. The first-order chi connectivity index (χ1) is 9.24. The van der Waals surface area contributed by atoms with E-state index >= 15 is 0 Å². The van der Waals surface area contributed by atoms with Gasteiger partial charge in [0.1, 0.15) is 11.6 Å². The summed E-state index contributed by atoms with van der Waals surface area (Å²) >= 11 is 5.85. The zero-order chi connectivity index (χ0) is 13.7. The Labute approximate surface area is 118 Å². The Morgan fingerprint density at radius 2 is 2.26 bits per heavy atom. The van der Waals surface area contributed by atoms with E-state index in [0.717, 1.165) is 37.5 Å². The van der Waals surface area contributed by atoms with E-state index in [1.54, 1.807) is 6.07 Å². The van der Waals surface area contributed by atoms with Crippen molar-refractivity contribution in [2.75, 3.05) is 6.54 Å². The minimum absolute atomic E-state index is 0.107. The fourth-order valence-corrected chi connectivity index (χ4v) is 2.34. The van der Waals surface area contributed by atoms with Gasteiger partial charge < -0.3 is 14.3 Å². The molecule has 0 spiro atoms. The lowest BCUT2D eigenvalue weighted by atomic mass is 10.1. The van der Waals surface area contributed by atoms with Gasteiger partial charge in [0.05, 0.1) is 6.04 Å². The van der Waals surface area contributed by atoms with Gasteiger partial charge in [-0.15, -0.1) is 0 Å². The third kappa shape index (κ3) is 3.61. The maximum atomic E-state index is 5.85. The van der Waals surface area contributed by atoms with Gasteiger partial charge in [-0.3, -0.25) is 0 Å². The largest absolute Gasteiger partial charge is 0.448 e.